The molecule has 0 saturated heterocycles. The molecule has 0 atom stereocenters. The number of aromatic amines is 1. The molecule has 1 heterocycles. The van der Waals surface area contributed by atoms with E-state index in [-0.39, 0.29) is 5.69 Å². The third kappa shape index (κ3) is 2.42. The normalized spacial score (nSPS) is 9.94. The molecule has 0 bridgehead atoms. The number of nitrogens with one attached hydrogen (secondary N) is 1. The van der Waals surface area contributed by atoms with Gasteiger partial charge in [-0.15, -0.1) is 0 Å². The van der Waals surface area contributed by atoms with E-state index in [1.54, 1.807) is 6.92 Å². The number of hydrogen-bond donors (Lipinski definition) is 1. The molecule has 5 nitrogen and oxygen atoms in total. The topological polar surface area (TPSA) is 68.4 Å². The van der Waals surface area contributed by atoms with Crippen LogP contribution >= 0.6 is 0 Å². The maximum Gasteiger partial charge on any atom is 0.354 e. The highest BCUT2D eigenvalue weighted by Gasteiger charge is 2.18. The molecule has 1 N–H and O–H groups in total. The Balaban J connectivity index is 3.03. The number of aromatic nitrogens is 1. The Morgan fingerprint density at radius 1 is 1.31 bits per heavy atom. The Morgan fingerprint density at radius 3 is 2.50 bits per heavy atom. The van der Waals surface area contributed by atoms with Crippen molar-refractivity contribution in [3.63, 3.8) is 0 Å². The highest BCUT2D eigenvalue weighted by molar-refractivity contribution is 5.95. The van der Waals surface area contributed by atoms with E-state index in [4.69, 9.17) is 4.74 Å². The molecule has 0 aliphatic rings. The van der Waals surface area contributed by atoms with Crippen molar-refractivity contribution in [2.24, 2.45) is 0 Å². The number of carbonyl (C=O) groups excluding carboxylic acids is 2. The second kappa shape index (κ2) is 5.34. The first kappa shape index (κ1) is 12.3. The van der Waals surface area contributed by atoms with Crippen molar-refractivity contribution in [3.05, 3.63) is 23.0 Å². The first-order chi connectivity index (χ1) is 7.63. The van der Waals surface area contributed by atoms with E-state index in [1.807, 2.05) is 6.92 Å². The van der Waals surface area contributed by atoms with Crippen LogP contribution in [0.1, 0.15) is 40.4 Å². The Hall–Kier alpha value is -1.78. The maximum absolute atomic E-state index is 11.6. The summed E-state index contributed by atoms with van der Waals surface area (Å²) >= 11 is 0. The van der Waals surface area contributed by atoms with Crippen molar-refractivity contribution in [1.82, 2.24) is 4.98 Å². The van der Waals surface area contributed by atoms with E-state index >= 15 is 0 Å². The first-order valence-corrected chi connectivity index (χ1v) is 5.11. The average molecular weight is 225 g/mol. The van der Waals surface area contributed by atoms with E-state index in [0.717, 1.165) is 0 Å². The summed E-state index contributed by atoms with van der Waals surface area (Å²) in [4.78, 5) is 25.7. The minimum absolute atomic E-state index is 0.266. The van der Waals surface area contributed by atoms with Gasteiger partial charge in [-0.2, -0.15) is 0 Å². The molecular formula is C11H15NO4. The number of methoxy groups -OCH3 is 1. The molecule has 0 unspecified atom stereocenters. The summed E-state index contributed by atoms with van der Waals surface area (Å²) in [6, 6.07) is 1.46. The lowest BCUT2D eigenvalue weighted by atomic mass is 10.2. The highest BCUT2D eigenvalue weighted by Crippen LogP contribution is 2.14. The van der Waals surface area contributed by atoms with Crippen molar-refractivity contribution in [1.29, 1.82) is 0 Å². The maximum atomic E-state index is 11.6. The number of carbonyl (C=O) groups is 2. The van der Waals surface area contributed by atoms with Gasteiger partial charge in [0.25, 0.3) is 0 Å². The number of rotatable bonds is 4. The fourth-order valence-electron chi connectivity index (χ4n) is 1.39. The molecule has 0 aliphatic heterocycles. The highest BCUT2D eigenvalue weighted by atomic mass is 16.5. The van der Waals surface area contributed by atoms with Gasteiger partial charge < -0.3 is 14.5 Å². The second-order valence-electron chi connectivity index (χ2n) is 3.14. The molecule has 0 aliphatic carbocycles. The number of hydrogen-bond acceptors (Lipinski definition) is 4. The van der Waals surface area contributed by atoms with Crippen LogP contribution in [0.5, 0.6) is 0 Å². The zero-order valence-electron chi connectivity index (χ0n) is 9.62. The van der Waals surface area contributed by atoms with Crippen LogP contribution in [0.25, 0.3) is 0 Å². The minimum atomic E-state index is -0.495. The van der Waals surface area contributed by atoms with E-state index in [1.165, 1.54) is 13.2 Å². The van der Waals surface area contributed by atoms with Crippen LogP contribution in [0, 0.1) is 0 Å². The van der Waals surface area contributed by atoms with Gasteiger partial charge in [-0.05, 0) is 19.4 Å². The molecular weight excluding hydrogens is 210 g/mol. The van der Waals surface area contributed by atoms with Crippen LogP contribution in [0.2, 0.25) is 0 Å². The molecule has 0 spiro atoms. The number of aryl methyl sites for hydroxylation is 1. The molecule has 0 aromatic carbocycles. The third-order valence-corrected chi connectivity index (χ3v) is 2.15. The molecule has 1 aromatic rings. The summed E-state index contributed by atoms with van der Waals surface area (Å²) in [6.45, 7) is 3.92. The quantitative estimate of drug-likeness (QED) is 0.789. The summed E-state index contributed by atoms with van der Waals surface area (Å²) in [6.07, 6.45) is 0.616. The van der Waals surface area contributed by atoms with Gasteiger partial charge in [0, 0.05) is 5.69 Å². The van der Waals surface area contributed by atoms with Crippen molar-refractivity contribution in [3.8, 4) is 0 Å². The van der Waals surface area contributed by atoms with E-state index in [9.17, 15) is 9.59 Å². The monoisotopic (exact) mass is 225 g/mol. The van der Waals surface area contributed by atoms with Gasteiger partial charge in [0.2, 0.25) is 0 Å². The number of esters is 2. The van der Waals surface area contributed by atoms with Gasteiger partial charge in [0.15, 0.2) is 0 Å². The zero-order valence-corrected chi connectivity index (χ0v) is 9.62. The molecule has 5 heteroatoms. The summed E-state index contributed by atoms with van der Waals surface area (Å²) in [5.74, 6) is -0.920. The van der Waals surface area contributed by atoms with Gasteiger partial charge >= 0.3 is 11.9 Å². The summed E-state index contributed by atoms with van der Waals surface area (Å²) in [7, 11) is 1.29. The zero-order chi connectivity index (χ0) is 12.1. The lowest BCUT2D eigenvalue weighted by Gasteiger charge is -2.00. The van der Waals surface area contributed by atoms with Crippen LogP contribution < -0.4 is 0 Å². The van der Waals surface area contributed by atoms with Crippen LogP contribution in [0.3, 0.4) is 0 Å². The molecule has 0 fully saturated rings. The lowest BCUT2D eigenvalue weighted by molar-refractivity contribution is 0.0525. The summed E-state index contributed by atoms with van der Waals surface area (Å²) < 4.78 is 9.45. The van der Waals surface area contributed by atoms with Crippen molar-refractivity contribution < 1.29 is 19.1 Å². The fourth-order valence-corrected chi connectivity index (χ4v) is 1.39. The van der Waals surface area contributed by atoms with E-state index < -0.39 is 11.9 Å². The van der Waals surface area contributed by atoms with E-state index in [2.05, 4.69) is 9.72 Å². The molecule has 0 amide bonds. The van der Waals surface area contributed by atoms with Gasteiger partial charge in [-0.1, -0.05) is 6.92 Å². The Labute approximate surface area is 93.7 Å². The Kier molecular flexibility index (Phi) is 4.10. The van der Waals surface area contributed by atoms with Crippen molar-refractivity contribution >= 4 is 11.9 Å². The SMILES string of the molecule is CCOC(=O)c1cc(C(=O)OC)[nH]c1CC. The van der Waals surface area contributed by atoms with Gasteiger partial charge in [-0.3, -0.25) is 0 Å². The van der Waals surface area contributed by atoms with Gasteiger partial charge in [0.1, 0.15) is 5.69 Å². The third-order valence-electron chi connectivity index (χ3n) is 2.15. The lowest BCUT2D eigenvalue weighted by Crippen LogP contribution is -2.06. The molecule has 1 rings (SSSR count). The van der Waals surface area contributed by atoms with Gasteiger partial charge in [-0.25, -0.2) is 9.59 Å². The summed E-state index contributed by atoms with van der Waals surface area (Å²) in [5, 5.41) is 0. The first-order valence-electron chi connectivity index (χ1n) is 5.11. The average Bonchev–Trinajstić information content (AvgIpc) is 2.72. The fraction of sp³-hybridized carbons (Fsp3) is 0.455. The minimum Gasteiger partial charge on any atom is -0.464 e. The molecule has 0 radical (unpaired) electrons. The second-order valence-corrected chi connectivity index (χ2v) is 3.14. The van der Waals surface area contributed by atoms with Crippen molar-refractivity contribution in [2.45, 2.75) is 20.3 Å². The standard InChI is InChI=1S/C11H15NO4/c1-4-8-7(10(13)16-5-2)6-9(12-8)11(14)15-3/h6,12H,4-5H2,1-3H3. The molecule has 16 heavy (non-hydrogen) atoms. The smallest absolute Gasteiger partial charge is 0.354 e. The van der Waals surface area contributed by atoms with Crippen LogP contribution in [0.4, 0.5) is 0 Å². The number of H-pyrrole nitrogens is 1. The van der Waals surface area contributed by atoms with E-state index in [0.29, 0.717) is 24.3 Å². The number of ether oxygens (including phenoxy) is 2. The largest absolute Gasteiger partial charge is 0.464 e. The van der Waals surface area contributed by atoms with Gasteiger partial charge in [0.05, 0.1) is 19.3 Å². The Bertz CT molecular complexity index is 395. The molecule has 0 saturated carbocycles. The predicted molar refractivity (Wildman–Crippen MR) is 57.5 cm³/mol. The summed E-state index contributed by atoms with van der Waals surface area (Å²) in [5.41, 5.74) is 1.34. The predicted octanol–water partition coefficient (Wildman–Crippen LogP) is 1.54. The van der Waals surface area contributed by atoms with Crippen LogP contribution in [-0.2, 0) is 15.9 Å². The molecule has 1 aromatic heterocycles. The van der Waals surface area contributed by atoms with Crippen LogP contribution in [0.15, 0.2) is 6.07 Å². The Morgan fingerprint density at radius 2 is 2.00 bits per heavy atom. The van der Waals surface area contributed by atoms with Crippen molar-refractivity contribution in [2.75, 3.05) is 13.7 Å². The van der Waals surface area contributed by atoms with Crippen LogP contribution in [-0.4, -0.2) is 30.6 Å². The molecule has 88 valence electrons.